The van der Waals surface area contributed by atoms with Gasteiger partial charge in [-0.05, 0) is 39.8 Å². The van der Waals surface area contributed by atoms with Crippen molar-refractivity contribution >= 4 is 5.91 Å². The highest BCUT2D eigenvalue weighted by molar-refractivity contribution is 5.94. The second-order valence-corrected chi connectivity index (χ2v) is 8.26. The van der Waals surface area contributed by atoms with Crippen molar-refractivity contribution in [1.82, 2.24) is 24.5 Å². The predicted molar refractivity (Wildman–Crippen MR) is 114 cm³/mol. The molecule has 28 heavy (non-hydrogen) atoms. The minimum absolute atomic E-state index is 0.0933. The smallest absolute Gasteiger partial charge is 0.274 e. The van der Waals surface area contributed by atoms with Gasteiger partial charge in [0.15, 0.2) is 5.69 Å². The Bertz CT molecular complexity index is 730. The molecule has 1 atom stereocenters. The molecule has 0 N–H and O–H groups in total. The number of nitrogens with zero attached hydrogens (tertiary/aromatic N) is 5. The Morgan fingerprint density at radius 3 is 2.64 bits per heavy atom. The van der Waals surface area contributed by atoms with Gasteiger partial charge in [0.05, 0.1) is 6.54 Å². The van der Waals surface area contributed by atoms with Crippen molar-refractivity contribution < 1.29 is 4.79 Å². The summed E-state index contributed by atoms with van der Waals surface area (Å²) >= 11 is 0. The van der Waals surface area contributed by atoms with Crippen molar-refractivity contribution in [3.63, 3.8) is 0 Å². The van der Waals surface area contributed by atoms with E-state index in [1.165, 1.54) is 11.3 Å². The first-order valence-electron chi connectivity index (χ1n) is 10.5. The topological polar surface area (TPSA) is 44.6 Å². The zero-order chi connectivity index (χ0) is 20.3. The highest BCUT2D eigenvalue weighted by Gasteiger charge is 2.33. The van der Waals surface area contributed by atoms with E-state index in [2.05, 4.69) is 43.9 Å². The zero-order valence-electron chi connectivity index (χ0n) is 17.8. The fourth-order valence-corrected chi connectivity index (χ4v) is 4.43. The molecule has 3 rings (SSSR count). The SMILES string of the molecule is C=CCn1nc(C(=O)N2CCN(C)CC2)c2c1CCC(N(CC)CC(=C)C)C2. The van der Waals surface area contributed by atoms with Crippen molar-refractivity contribution in [3.8, 4) is 0 Å². The minimum atomic E-state index is 0.0933. The number of piperazine rings is 1. The molecule has 1 amide bonds. The molecule has 1 aliphatic carbocycles. The molecule has 0 radical (unpaired) electrons. The minimum Gasteiger partial charge on any atom is -0.335 e. The molecule has 1 saturated heterocycles. The summed E-state index contributed by atoms with van der Waals surface area (Å²) in [5, 5.41) is 4.76. The van der Waals surface area contributed by atoms with E-state index in [0.29, 0.717) is 18.3 Å². The highest BCUT2D eigenvalue weighted by Crippen LogP contribution is 2.29. The average Bonchev–Trinajstić information content (AvgIpc) is 3.04. The Labute approximate surface area is 169 Å². The Hall–Kier alpha value is -1.92. The van der Waals surface area contributed by atoms with Gasteiger partial charge in [0, 0.05) is 50.0 Å². The number of aromatic nitrogens is 2. The summed E-state index contributed by atoms with van der Waals surface area (Å²) in [7, 11) is 2.11. The number of carbonyl (C=O) groups is 1. The van der Waals surface area contributed by atoms with E-state index in [4.69, 9.17) is 5.10 Å². The van der Waals surface area contributed by atoms with E-state index in [-0.39, 0.29) is 5.91 Å². The number of fused-ring (bicyclic) bond motifs is 1. The quantitative estimate of drug-likeness (QED) is 0.675. The third kappa shape index (κ3) is 4.39. The van der Waals surface area contributed by atoms with Crippen LogP contribution in [0.3, 0.4) is 0 Å². The summed E-state index contributed by atoms with van der Waals surface area (Å²) < 4.78 is 2.00. The first kappa shape index (κ1) is 20.8. The normalized spacial score (nSPS) is 20.3. The molecule has 1 aliphatic heterocycles. The number of amides is 1. The van der Waals surface area contributed by atoms with Crippen LogP contribution in [0.15, 0.2) is 24.8 Å². The lowest BCUT2D eigenvalue weighted by Crippen LogP contribution is -2.47. The molecule has 0 spiro atoms. The second-order valence-electron chi connectivity index (χ2n) is 8.26. The maximum absolute atomic E-state index is 13.3. The Kier molecular flexibility index (Phi) is 6.73. The third-order valence-electron chi connectivity index (χ3n) is 6.01. The van der Waals surface area contributed by atoms with E-state index in [1.807, 2.05) is 15.7 Å². The monoisotopic (exact) mass is 385 g/mol. The maximum atomic E-state index is 13.3. The van der Waals surface area contributed by atoms with Crippen molar-refractivity contribution in [3.05, 3.63) is 41.8 Å². The van der Waals surface area contributed by atoms with E-state index in [1.54, 1.807) is 0 Å². The van der Waals surface area contributed by atoms with Crippen LogP contribution >= 0.6 is 0 Å². The molecule has 0 aromatic carbocycles. The molecular formula is C22H35N5O. The van der Waals surface area contributed by atoms with Crippen LogP contribution in [0.2, 0.25) is 0 Å². The van der Waals surface area contributed by atoms with Crippen molar-refractivity contribution in [2.75, 3.05) is 46.3 Å². The van der Waals surface area contributed by atoms with Gasteiger partial charge in [-0.2, -0.15) is 5.10 Å². The first-order chi connectivity index (χ1) is 13.4. The Balaban J connectivity index is 1.87. The third-order valence-corrected chi connectivity index (χ3v) is 6.01. The molecule has 1 unspecified atom stereocenters. The second kappa shape index (κ2) is 9.05. The van der Waals surface area contributed by atoms with Crippen LogP contribution in [-0.2, 0) is 19.4 Å². The fourth-order valence-electron chi connectivity index (χ4n) is 4.43. The molecule has 1 aromatic rings. The van der Waals surface area contributed by atoms with Gasteiger partial charge in [0.25, 0.3) is 5.91 Å². The maximum Gasteiger partial charge on any atom is 0.274 e. The summed E-state index contributed by atoms with van der Waals surface area (Å²) in [4.78, 5) is 20.0. The van der Waals surface area contributed by atoms with Crippen LogP contribution in [0.25, 0.3) is 0 Å². The zero-order valence-corrected chi connectivity index (χ0v) is 17.8. The van der Waals surface area contributed by atoms with Crippen LogP contribution in [0, 0.1) is 0 Å². The largest absolute Gasteiger partial charge is 0.335 e. The van der Waals surface area contributed by atoms with Gasteiger partial charge in [-0.25, -0.2) is 0 Å². The van der Waals surface area contributed by atoms with Gasteiger partial charge in [-0.15, -0.1) is 6.58 Å². The number of hydrogen-bond donors (Lipinski definition) is 0. The van der Waals surface area contributed by atoms with Crippen molar-refractivity contribution in [2.45, 2.75) is 45.7 Å². The van der Waals surface area contributed by atoms with Gasteiger partial charge in [0.1, 0.15) is 0 Å². The summed E-state index contributed by atoms with van der Waals surface area (Å²) in [5.74, 6) is 0.0933. The summed E-state index contributed by atoms with van der Waals surface area (Å²) in [6.07, 6.45) is 4.81. The standard InChI is InChI=1S/C22H35N5O/c1-6-10-27-20-9-8-18(25(7-2)16-17(3)4)15-19(20)21(23-27)22(28)26-13-11-24(5)12-14-26/h6,18H,1,3,7-16H2,2,4-5H3. The Morgan fingerprint density at radius 2 is 2.04 bits per heavy atom. The lowest BCUT2D eigenvalue weighted by atomic mass is 9.89. The van der Waals surface area contributed by atoms with Gasteiger partial charge < -0.3 is 9.80 Å². The van der Waals surface area contributed by atoms with Crippen molar-refractivity contribution in [1.29, 1.82) is 0 Å². The fraction of sp³-hybridized carbons (Fsp3) is 0.636. The van der Waals surface area contributed by atoms with Gasteiger partial charge in [-0.3, -0.25) is 14.4 Å². The average molecular weight is 386 g/mol. The molecule has 2 aliphatic rings. The van der Waals surface area contributed by atoms with E-state index < -0.39 is 0 Å². The molecule has 6 nitrogen and oxygen atoms in total. The predicted octanol–water partition coefficient (Wildman–Crippen LogP) is 2.21. The molecule has 6 heteroatoms. The summed E-state index contributed by atoms with van der Waals surface area (Å²) in [6, 6.07) is 0.439. The van der Waals surface area contributed by atoms with Crippen LogP contribution in [0.1, 0.15) is 42.0 Å². The van der Waals surface area contributed by atoms with Crippen LogP contribution in [0.5, 0.6) is 0 Å². The summed E-state index contributed by atoms with van der Waals surface area (Å²) in [5.41, 5.74) is 4.23. The number of hydrogen-bond acceptors (Lipinski definition) is 4. The van der Waals surface area contributed by atoms with Gasteiger partial charge in [0.2, 0.25) is 0 Å². The van der Waals surface area contributed by atoms with Gasteiger partial charge >= 0.3 is 0 Å². The van der Waals surface area contributed by atoms with Crippen molar-refractivity contribution in [2.24, 2.45) is 0 Å². The molecule has 1 aromatic heterocycles. The molecule has 1 fully saturated rings. The molecule has 0 bridgehead atoms. The lowest BCUT2D eigenvalue weighted by Gasteiger charge is -2.35. The van der Waals surface area contributed by atoms with Crippen LogP contribution in [-0.4, -0.2) is 82.7 Å². The first-order valence-corrected chi connectivity index (χ1v) is 10.5. The molecular weight excluding hydrogens is 350 g/mol. The number of allylic oxidation sites excluding steroid dienone is 1. The number of carbonyl (C=O) groups excluding carboxylic acids is 1. The van der Waals surface area contributed by atoms with E-state index in [9.17, 15) is 4.79 Å². The van der Waals surface area contributed by atoms with E-state index >= 15 is 0 Å². The molecule has 2 heterocycles. The van der Waals surface area contributed by atoms with E-state index in [0.717, 1.165) is 64.1 Å². The summed E-state index contributed by atoms with van der Waals surface area (Å²) in [6.45, 7) is 18.2. The highest BCUT2D eigenvalue weighted by atomic mass is 16.2. The van der Waals surface area contributed by atoms with Crippen LogP contribution < -0.4 is 0 Å². The molecule has 0 saturated carbocycles. The number of rotatable bonds is 7. The van der Waals surface area contributed by atoms with Gasteiger partial charge in [-0.1, -0.05) is 25.2 Å². The Morgan fingerprint density at radius 1 is 1.32 bits per heavy atom. The molecule has 154 valence electrons. The lowest BCUT2D eigenvalue weighted by molar-refractivity contribution is 0.0655. The number of likely N-dealkylation sites (N-methyl/N-ethyl adjacent to an activating group) is 2. The van der Waals surface area contributed by atoms with Crippen LogP contribution in [0.4, 0.5) is 0 Å².